The van der Waals surface area contributed by atoms with Gasteiger partial charge in [0, 0.05) is 21.9 Å². The van der Waals surface area contributed by atoms with Gasteiger partial charge in [-0.25, -0.2) is 0 Å². The maximum Gasteiger partial charge on any atom is 0.127 e. The van der Waals surface area contributed by atoms with E-state index in [4.69, 9.17) is 0 Å². The summed E-state index contributed by atoms with van der Waals surface area (Å²) in [6, 6.07) is 13.8. The number of phenolic OH excluding ortho intramolecular Hbond substituents is 4. The average molecular weight is 346 g/mol. The maximum absolute atomic E-state index is 10.8. The van der Waals surface area contributed by atoms with E-state index >= 15 is 0 Å². The lowest BCUT2D eigenvalue weighted by Gasteiger charge is -2.18. The number of fused-ring (bicyclic) bond motifs is 2. The van der Waals surface area contributed by atoms with Crippen LogP contribution in [0, 0.1) is 13.8 Å². The van der Waals surface area contributed by atoms with E-state index in [1.165, 1.54) is 12.1 Å². The normalized spacial score (nSPS) is 11.3. The van der Waals surface area contributed by atoms with E-state index in [2.05, 4.69) is 0 Å². The summed E-state index contributed by atoms with van der Waals surface area (Å²) in [5, 5.41) is 45.0. The van der Waals surface area contributed by atoms with Crippen LogP contribution in [0.1, 0.15) is 11.1 Å². The molecule has 4 nitrogen and oxygen atoms in total. The first kappa shape index (κ1) is 16.1. The Morgan fingerprint density at radius 3 is 1.35 bits per heavy atom. The number of rotatable bonds is 1. The minimum Gasteiger partial charge on any atom is -0.507 e. The molecule has 26 heavy (non-hydrogen) atoms. The first-order chi connectivity index (χ1) is 12.4. The van der Waals surface area contributed by atoms with Gasteiger partial charge in [0.25, 0.3) is 0 Å². The molecule has 0 spiro atoms. The van der Waals surface area contributed by atoms with Crippen molar-refractivity contribution >= 4 is 21.5 Å². The highest BCUT2D eigenvalue weighted by atomic mass is 16.3. The van der Waals surface area contributed by atoms with Crippen molar-refractivity contribution in [2.24, 2.45) is 0 Å². The summed E-state index contributed by atoms with van der Waals surface area (Å²) in [6.07, 6.45) is 0. The Labute approximate surface area is 150 Å². The average Bonchev–Trinajstić information content (AvgIpc) is 2.59. The molecule has 0 saturated heterocycles. The number of phenols is 4. The van der Waals surface area contributed by atoms with Gasteiger partial charge < -0.3 is 20.4 Å². The van der Waals surface area contributed by atoms with E-state index in [-0.39, 0.29) is 23.0 Å². The Balaban J connectivity index is 2.33. The molecule has 0 aromatic heterocycles. The Bertz CT molecular complexity index is 1100. The molecule has 0 amide bonds. The highest BCUT2D eigenvalue weighted by molar-refractivity contribution is 6.13. The fourth-order valence-corrected chi connectivity index (χ4v) is 3.62. The van der Waals surface area contributed by atoms with Crippen molar-refractivity contribution in [3.8, 4) is 34.1 Å². The van der Waals surface area contributed by atoms with Crippen LogP contribution in [0.5, 0.6) is 23.0 Å². The lowest BCUT2D eigenvalue weighted by molar-refractivity contribution is 0.463. The molecule has 4 aromatic carbocycles. The topological polar surface area (TPSA) is 80.9 Å². The molecule has 4 heteroatoms. The highest BCUT2D eigenvalue weighted by Gasteiger charge is 2.23. The monoisotopic (exact) mass is 346 g/mol. The predicted molar refractivity (Wildman–Crippen MR) is 103 cm³/mol. The Kier molecular flexibility index (Phi) is 3.44. The summed E-state index contributed by atoms with van der Waals surface area (Å²) >= 11 is 0. The maximum atomic E-state index is 10.8. The van der Waals surface area contributed by atoms with Gasteiger partial charge in [-0.15, -0.1) is 0 Å². The van der Waals surface area contributed by atoms with Crippen LogP contribution in [0.3, 0.4) is 0 Å². The zero-order valence-electron chi connectivity index (χ0n) is 14.4. The van der Waals surface area contributed by atoms with E-state index < -0.39 is 0 Å². The standard InChI is InChI=1S/C22H18O4/c1-11-9-13-5-3-7-15(23)17(13)19(21(11)25)20-18-14(6-4-8-16(18)24)10-12(2)22(20)26/h3-10,23-26H,1-2H3. The molecule has 0 heterocycles. The number of aromatic hydroxyl groups is 4. The molecule has 0 aliphatic carbocycles. The highest BCUT2D eigenvalue weighted by Crippen LogP contribution is 2.50. The fraction of sp³-hybridized carbons (Fsp3) is 0.0909. The SMILES string of the molecule is Cc1cc2cccc(O)c2c(-c2c(O)c(C)cc3cccc(O)c23)c1O. The van der Waals surface area contributed by atoms with Gasteiger partial charge in [-0.3, -0.25) is 0 Å². The molecule has 0 atom stereocenters. The summed E-state index contributed by atoms with van der Waals surface area (Å²) in [4.78, 5) is 0. The summed E-state index contributed by atoms with van der Waals surface area (Å²) < 4.78 is 0. The molecule has 4 aromatic rings. The summed E-state index contributed by atoms with van der Waals surface area (Å²) in [5.41, 5.74) is 1.85. The molecule has 0 unspecified atom stereocenters. The lowest BCUT2D eigenvalue weighted by atomic mass is 9.88. The molecule has 0 aliphatic rings. The van der Waals surface area contributed by atoms with Crippen LogP contribution in [0.2, 0.25) is 0 Å². The predicted octanol–water partition coefficient (Wildman–Crippen LogP) is 5.10. The van der Waals surface area contributed by atoms with Crippen LogP contribution >= 0.6 is 0 Å². The van der Waals surface area contributed by atoms with Gasteiger partial charge in [-0.2, -0.15) is 0 Å². The lowest BCUT2D eigenvalue weighted by Crippen LogP contribution is -1.92. The quantitative estimate of drug-likeness (QED) is 0.386. The van der Waals surface area contributed by atoms with Crippen LogP contribution in [0.4, 0.5) is 0 Å². The van der Waals surface area contributed by atoms with E-state index in [0.717, 1.165) is 10.8 Å². The summed E-state index contributed by atoms with van der Waals surface area (Å²) in [6.45, 7) is 3.52. The van der Waals surface area contributed by atoms with Crippen molar-refractivity contribution in [3.05, 3.63) is 59.7 Å². The molecule has 0 aliphatic heterocycles. The van der Waals surface area contributed by atoms with E-state index in [1.807, 2.05) is 12.1 Å². The third-order valence-corrected chi connectivity index (χ3v) is 4.86. The Morgan fingerprint density at radius 2 is 0.962 bits per heavy atom. The minimum atomic E-state index is -0.0375. The van der Waals surface area contributed by atoms with E-state index in [9.17, 15) is 20.4 Å². The van der Waals surface area contributed by atoms with Gasteiger partial charge in [0.15, 0.2) is 0 Å². The number of hydrogen-bond donors (Lipinski definition) is 4. The Hall–Kier alpha value is -3.40. The van der Waals surface area contributed by atoms with Gasteiger partial charge in [-0.1, -0.05) is 24.3 Å². The van der Waals surface area contributed by atoms with Gasteiger partial charge in [0.1, 0.15) is 23.0 Å². The summed E-state index contributed by atoms with van der Waals surface area (Å²) in [7, 11) is 0. The largest absolute Gasteiger partial charge is 0.507 e. The van der Waals surface area contributed by atoms with Gasteiger partial charge >= 0.3 is 0 Å². The second kappa shape index (κ2) is 5.56. The van der Waals surface area contributed by atoms with Crippen molar-refractivity contribution < 1.29 is 20.4 Å². The first-order valence-corrected chi connectivity index (χ1v) is 8.29. The molecule has 4 rings (SSSR count). The first-order valence-electron chi connectivity index (χ1n) is 8.29. The molecule has 0 fully saturated rings. The van der Waals surface area contributed by atoms with Crippen LogP contribution in [0.15, 0.2) is 48.5 Å². The molecule has 0 radical (unpaired) electrons. The van der Waals surface area contributed by atoms with Gasteiger partial charge in [0.2, 0.25) is 0 Å². The van der Waals surface area contributed by atoms with Crippen molar-refractivity contribution in [1.82, 2.24) is 0 Å². The zero-order chi connectivity index (χ0) is 18.6. The van der Waals surface area contributed by atoms with Crippen LogP contribution in [-0.2, 0) is 0 Å². The molecule has 130 valence electrons. The van der Waals surface area contributed by atoms with E-state index in [0.29, 0.717) is 33.0 Å². The molecular formula is C22H18O4. The van der Waals surface area contributed by atoms with Crippen molar-refractivity contribution in [2.75, 3.05) is 0 Å². The van der Waals surface area contributed by atoms with Crippen molar-refractivity contribution in [3.63, 3.8) is 0 Å². The smallest absolute Gasteiger partial charge is 0.127 e. The number of benzene rings is 4. The second-order valence-electron chi connectivity index (χ2n) is 6.58. The molecule has 0 saturated carbocycles. The third kappa shape index (κ3) is 2.15. The Morgan fingerprint density at radius 1 is 0.577 bits per heavy atom. The number of hydrogen-bond acceptors (Lipinski definition) is 4. The van der Waals surface area contributed by atoms with Crippen LogP contribution in [-0.4, -0.2) is 20.4 Å². The molecular weight excluding hydrogens is 328 g/mol. The number of aryl methyl sites for hydroxylation is 2. The zero-order valence-corrected chi connectivity index (χ0v) is 14.4. The van der Waals surface area contributed by atoms with Gasteiger partial charge in [-0.05, 0) is 60.0 Å². The summed E-state index contributed by atoms with van der Waals surface area (Å²) in [5.74, 6) is -0.0801. The van der Waals surface area contributed by atoms with Crippen LogP contribution in [0.25, 0.3) is 32.7 Å². The van der Waals surface area contributed by atoms with Crippen molar-refractivity contribution in [1.29, 1.82) is 0 Å². The molecule has 4 N–H and O–H groups in total. The minimum absolute atomic E-state index is 0.00252. The third-order valence-electron chi connectivity index (χ3n) is 4.86. The van der Waals surface area contributed by atoms with Crippen LogP contribution < -0.4 is 0 Å². The van der Waals surface area contributed by atoms with E-state index in [1.54, 1.807) is 38.1 Å². The van der Waals surface area contributed by atoms with Gasteiger partial charge in [0.05, 0.1) is 0 Å². The van der Waals surface area contributed by atoms with Crippen molar-refractivity contribution in [2.45, 2.75) is 13.8 Å². The fourth-order valence-electron chi connectivity index (χ4n) is 3.62. The molecule has 0 bridgehead atoms. The second-order valence-corrected chi connectivity index (χ2v) is 6.58.